The topological polar surface area (TPSA) is 72.1 Å². The van der Waals surface area contributed by atoms with E-state index in [-0.39, 0.29) is 30.0 Å². The van der Waals surface area contributed by atoms with Gasteiger partial charge in [-0.3, -0.25) is 4.90 Å². The molecule has 2 heterocycles. The highest BCUT2D eigenvalue weighted by atomic mass is 19.4. The molecule has 220 valence electrons. The van der Waals surface area contributed by atoms with Crippen LogP contribution >= 0.6 is 0 Å². The third kappa shape index (κ3) is 6.92. The molecule has 2 saturated heterocycles. The molecule has 40 heavy (non-hydrogen) atoms. The molecule has 2 N–H and O–H groups in total. The van der Waals surface area contributed by atoms with E-state index in [2.05, 4.69) is 15.4 Å². The Morgan fingerprint density at radius 3 is 2.40 bits per heavy atom. The van der Waals surface area contributed by atoms with Crippen molar-refractivity contribution in [3.63, 3.8) is 0 Å². The van der Waals surface area contributed by atoms with Crippen molar-refractivity contribution in [2.75, 3.05) is 25.0 Å². The lowest BCUT2D eigenvalue weighted by atomic mass is 9.85. The van der Waals surface area contributed by atoms with Gasteiger partial charge in [-0.05, 0) is 49.6 Å². The molecule has 0 saturated carbocycles. The van der Waals surface area contributed by atoms with Gasteiger partial charge in [-0.1, -0.05) is 31.5 Å². The van der Waals surface area contributed by atoms with Gasteiger partial charge < -0.3 is 24.8 Å². The largest absolute Gasteiger partial charge is 0.573 e. The van der Waals surface area contributed by atoms with Gasteiger partial charge in [0.05, 0.1) is 12.6 Å². The number of alkyl halides is 6. The molecular formula is C27H31F6N3O4. The number of likely N-dealkylation sites (tertiary alicyclic amines) is 1. The maximum atomic E-state index is 14.1. The van der Waals surface area contributed by atoms with Gasteiger partial charge >= 0.3 is 18.6 Å². The van der Waals surface area contributed by atoms with Crippen LogP contribution in [0.2, 0.25) is 0 Å². The fourth-order valence-corrected chi connectivity index (χ4v) is 4.94. The first-order valence-electron chi connectivity index (χ1n) is 13.1. The number of unbranched alkanes of at least 4 members (excludes halogenated alkanes) is 1. The quantitative estimate of drug-likeness (QED) is 0.332. The van der Waals surface area contributed by atoms with Crippen molar-refractivity contribution in [1.82, 2.24) is 10.2 Å². The molecule has 7 nitrogen and oxygen atoms in total. The Hall–Kier alpha value is -3.19. The van der Waals surface area contributed by atoms with Crippen molar-refractivity contribution in [3.8, 4) is 11.5 Å². The molecule has 0 aliphatic carbocycles. The summed E-state index contributed by atoms with van der Waals surface area (Å²) in [5.74, 6) is -0.406. The lowest BCUT2D eigenvalue weighted by Crippen LogP contribution is -2.59. The number of nitrogens with zero attached hydrogens (tertiary/aromatic N) is 1. The minimum atomic E-state index is -4.84. The van der Waals surface area contributed by atoms with Crippen LogP contribution in [-0.4, -0.2) is 55.4 Å². The average Bonchev–Trinajstić information content (AvgIpc) is 2.84. The number of nitrogens with one attached hydrogen (secondary N) is 2. The van der Waals surface area contributed by atoms with Gasteiger partial charge in [-0.15, -0.1) is 13.2 Å². The van der Waals surface area contributed by atoms with Gasteiger partial charge in [0.15, 0.2) is 11.8 Å². The molecule has 2 aromatic carbocycles. The molecule has 2 aromatic rings. The molecule has 0 radical (unpaired) electrons. The zero-order chi connectivity index (χ0) is 29.0. The number of piperidine rings is 1. The van der Waals surface area contributed by atoms with E-state index in [0.29, 0.717) is 19.5 Å². The van der Waals surface area contributed by atoms with E-state index in [9.17, 15) is 31.1 Å². The summed E-state index contributed by atoms with van der Waals surface area (Å²) in [6.45, 7) is 3.25. The van der Waals surface area contributed by atoms with E-state index in [4.69, 9.17) is 9.47 Å². The third-order valence-electron chi connectivity index (χ3n) is 6.96. The van der Waals surface area contributed by atoms with Crippen LogP contribution in [0.4, 0.5) is 36.8 Å². The molecule has 2 unspecified atom stereocenters. The molecule has 2 aliphatic rings. The number of ether oxygens (including phenoxy) is 3. The first-order chi connectivity index (χ1) is 18.9. The minimum Gasteiger partial charge on any atom is -0.473 e. The summed E-state index contributed by atoms with van der Waals surface area (Å²) in [5, 5.41) is 5.40. The molecule has 3 atom stereocenters. The number of urea groups is 1. The van der Waals surface area contributed by atoms with Crippen molar-refractivity contribution in [1.29, 1.82) is 0 Å². The van der Waals surface area contributed by atoms with Crippen LogP contribution in [0, 0.1) is 0 Å². The number of halogens is 6. The van der Waals surface area contributed by atoms with Crippen LogP contribution in [0.15, 0.2) is 48.5 Å². The number of benzene rings is 2. The highest BCUT2D eigenvalue weighted by Gasteiger charge is 2.62. The van der Waals surface area contributed by atoms with Crippen LogP contribution in [-0.2, 0) is 10.3 Å². The van der Waals surface area contributed by atoms with E-state index in [1.54, 1.807) is 6.07 Å². The first-order valence-corrected chi connectivity index (χ1v) is 13.1. The number of amides is 2. The molecule has 4 rings (SSSR count). The molecule has 0 aromatic heterocycles. The number of para-hydroxylation sites is 1. The number of carbonyl (C=O) groups excluding carboxylic acids is 1. The number of hydrogen-bond acceptors (Lipinski definition) is 5. The van der Waals surface area contributed by atoms with Gasteiger partial charge in [0.2, 0.25) is 0 Å². The zero-order valence-electron chi connectivity index (χ0n) is 21.8. The predicted molar refractivity (Wildman–Crippen MR) is 134 cm³/mol. The Labute approximate surface area is 227 Å². The van der Waals surface area contributed by atoms with Gasteiger partial charge in [0.25, 0.3) is 0 Å². The number of anilines is 1. The molecule has 13 heteroatoms. The molecular weight excluding hydrogens is 544 g/mol. The van der Waals surface area contributed by atoms with Crippen LogP contribution in [0.3, 0.4) is 0 Å². The van der Waals surface area contributed by atoms with E-state index < -0.39 is 42.2 Å². The zero-order valence-corrected chi connectivity index (χ0v) is 21.8. The summed E-state index contributed by atoms with van der Waals surface area (Å²) in [5.41, 5.74) is -2.34. The van der Waals surface area contributed by atoms with E-state index >= 15 is 0 Å². The van der Waals surface area contributed by atoms with E-state index in [1.807, 2.05) is 11.8 Å². The Balaban J connectivity index is 1.52. The third-order valence-corrected chi connectivity index (χ3v) is 6.96. The average molecular weight is 576 g/mol. The fourth-order valence-electron chi connectivity index (χ4n) is 4.94. The Morgan fingerprint density at radius 1 is 1.10 bits per heavy atom. The van der Waals surface area contributed by atoms with Crippen molar-refractivity contribution >= 4 is 11.7 Å². The van der Waals surface area contributed by atoms with Crippen LogP contribution in [0.1, 0.15) is 44.6 Å². The summed E-state index contributed by atoms with van der Waals surface area (Å²) in [6.07, 6.45) is -7.54. The maximum absolute atomic E-state index is 14.1. The SMILES string of the molecule is CCCCN1CCCC(NC(=O)Nc2ccc(OC(F)(F)F)cc2)C1Oc1ccccc1[C@@]1(C(F)(F)F)CCO1. The molecule has 2 aliphatic heterocycles. The van der Waals surface area contributed by atoms with Crippen molar-refractivity contribution in [2.45, 2.75) is 69.4 Å². The van der Waals surface area contributed by atoms with Crippen molar-refractivity contribution in [3.05, 3.63) is 54.1 Å². The predicted octanol–water partition coefficient (Wildman–Crippen LogP) is 6.55. The second-order valence-electron chi connectivity index (χ2n) is 9.74. The van der Waals surface area contributed by atoms with Gasteiger partial charge in [-0.25, -0.2) is 4.79 Å². The van der Waals surface area contributed by atoms with Crippen molar-refractivity contribution < 1.29 is 45.3 Å². The molecule has 2 fully saturated rings. The summed E-state index contributed by atoms with van der Waals surface area (Å²) in [4.78, 5) is 14.8. The Morgan fingerprint density at radius 2 is 1.80 bits per heavy atom. The fraction of sp³-hybridized carbons (Fsp3) is 0.519. The first kappa shape index (κ1) is 29.8. The van der Waals surface area contributed by atoms with Crippen LogP contribution in [0.25, 0.3) is 0 Å². The van der Waals surface area contributed by atoms with Gasteiger partial charge in [-0.2, -0.15) is 13.2 Å². The van der Waals surface area contributed by atoms with Gasteiger partial charge in [0, 0.05) is 30.8 Å². The lowest BCUT2D eigenvalue weighted by Gasteiger charge is -2.45. The Kier molecular flexibility index (Phi) is 9.03. The highest BCUT2D eigenvalue weighted by molar-refractivity contribution is 5.89. The standard InChI is InChI=1S/C27H31F6N3O4/c1-2-3-15-36-16-6-8-21(35-24(37)34-18-10-12-19(13-11-18)40-27(31,32)33)23(36)39-22-9-5-4-7-20(22)25(14-17-38-25)26(28,29)30/h4-5,7,9-13,21,23H,2-3,6,8,14-17H2,1H3,(H2,34,35,37)/t21?,23?,25-/m1/s1. The minimum absolute atomic E-state index is 0.0203. The monoisotopic (exact) mass is 575 g/mol. The number of rotatable bonds is 9. The normalized spacial score (nSPS) is 23.7. The smallest absolute Gasteiger partial charge is 0.473 e. The summed E-state index contributed by atoms with van der Waals surface area (Å²) in [6, 6.07) is 9.34. The lowest BCUT2D eigenvalue weighted by molar-refractivity contribution is -0.334. The molecule has 0 spiro atoms. The second kappa shape index (κ2) is 12.1. The van der Waals surface area contributed by atoms with E-state index in [0.717, 1.165) is 31.4 Å². The highest BCUT2D eigenvalue weighted by Crippen LogP contribution is 2.52. The van der Waals surface area contributed by atoms with Gasteiger partial charge in [0.1, 0.15) is 11.5 Å². The van der Waals surface area contributed by atoms with E-state index in [1.165, 1.54) is 30.3 Å². The molecule has 0 bridgehead atoms. The second-order valence-corrected chi connectivity index (χ2v) is 9.74. The number of carbonyl (C=O) groups is 1. The Bertz CT molecular complexity index is 1140. The molecule has 2 amide bonds. The number of hydrogen-bond donors (Lipinski definition) is 2. The van der Waals surface area contributed by atoms with Crippen molar-refractivity contribution in [2.24, 2.45) is 0 Å². The maximum Gasteiger partial charge on any atom is 0.573 e. The van der Waals surface area contributed by atoms with Crippen LogP contribution < -0.4 is 20.1 Å². The van der Waals surface area contributed by atoms with Crippen LogP contribution in [0.5, 0.6) is 11.5 Å². The summed E-state index contributed by atoms with van der Waals surface area (Å²) < 4.78 is 94.7. The summed E-state index contributed by atoms with van der Waals surface area (Å²) in [7, 11) is 0. The summed E-state index contributed by atoms with van der Waals surface area (Å²) >= 11 is 0.